The van der Waals surface area contributed by atoms with Gasteiger partial charge >= 0.3 is 11.8 Å². The van der Waals surface area contributed by atoms with E-state index < -0.39 is 28.3 Å². The summed E-state index contributed by atoms with van der Waals surface area (Å²) in [6.07, 6.45) is 2.63. The first-order chi connectivity index (χ1) is 9.47. The Balaban J connectivity index is 2.97. The zero-order valence-corrected chi connectivity index (χ0v) is 11.2. The molecule has 0 unspecified atom stereocenters. The number of nitro benzene ring substituents is 1. The van der Waals surface area contributed by atoms with E-state index in [4.69, 9.17) is 5.11 Å². The van der Waals surface area contributed by atoms with Crippen molar-refractivity contribution in [3.8, 4) is 11.5 Å². The van der Waals surface area contributed by atoms with Crippen LogP contribution in [-0.4, -0.2) is 21.3 Å². The molecule has 0 saturated heterocycles. The van der Waals surface area contributed by atoms with Gasteiger partial charge in [-0.15, -0.1) is 0 Å². The number of hydrogen-bond donors (Lipinski definition) is 2. The van der Waals surface area contributed by atoms with Crippen LogP contribution in [0.2, 0.25) is 0 Å². The Kier molecular flexibility index (Phi) is 5.76. The lowest BCUT2D eigenvalue weighted by molar-refractivity contribution is -0.386. The summed E-state index contributed by atoms with van der Waals surface area (Å²) in [6, 6.07) is 2.65. The minimum atomic E-state index is -1.63. The van der Waals surface area contributed by atoms with E-state index in [9.17, 15) is 20.0 Å². The van der Waals surface area contributed by atoms with Gasteiger partial charge in [0.25, 0.3) is 0 Å². The largest absolute Gasteiger partial charge is 0.511 e. The lowest BCUT2D eigenvalue weighted by Gasteiger charge is -2.08. The molecule has 0 aliphatic carbocycles. The quantitative estimate of drug-likeness (QED) is 0.260. The number of rotatable bonds is 7. The molecule has 7 heteroatoms. The van der Waals surface area contributed by atoms with Crippen molar-refractivity contribution in [3.05, 3.63) is 27.8 Å². The molecule has 0 amide bonds. The highest BCUT2D eigenvalue weighted by atomic mass is 16.7. The van der Waals surface area contributed by atoms with Crippen molar-refractivity contribution in [1.82, 2.24) is 0 Å². The fraction of sp³-hybridized carbons (Fsp3) is 0.462. The van der Waals surface area contributed by atoms with Crippen molar-refractivity contribution >= 4 is 11.8 Å². The Morgan fingerprint density at radius 1 is 1.35 bits per heavy atom. The van der Waals surface area contributed by atoms with Gasteiger partial charge < -0.3 is 14.9 Å². The molecule has 0 fully saturated rings. The molecule has 0 radical (unpaired) electrons. The number of aryl methyl sites for hydroxylation is 1. The predicted octanol–water partition coefficient (Wildman–Crippen LogP) is 3.48. The van der Waals surface area contributed by atoms with Gasteiger partial charge in [0.05, 0.1) is 4.92 Å². The molecule has 0 spiro atoms. The molecule has 0 heterocycles. The first-order valence-corrected chi connectivity index (χ1v) is 6.37. The number of ether oxygens (including phenoxy) is 1. The average molecular weight is 283 g/mol. The van der Waals surface area contributed by atoms with Crippen LogP contribution < -0.4 is 4.74 Å². The Hall–Kier alpha value is -2.31. The maximum atomic E-state index is 11.0. The number of nitrogens with zero attached hydrogens (tertiary/aromatic N) is 1. The summed E-state index contributed by atoms with van der Waals surface area (Å²) in [6.45, 7) is 2.06. The molecule has 1 aromatic rings. The second kappa shape index (κ2) is 7.32. The van der Waals surface area contributed by atoms with Gasteiger partial charge in [0.15, 0.2) is 5.75 Å². The van der Waals surface area contributed by atoms with Crippen LogP contribution >= 0.6 is 0 Å². The van der Waals surface area contributed by atoms with Crippen LogP contribution in [0.5, 0.6) is 11.5 Å². The summed E-state index contributed by atoms with van der Waals surface area (Å²) in [7, 11) is 0. The second-order valence-corrected chi connectivity index (χ2v) is 4.36. The Morgan fingerprint density at radius 2 is 2.05 bits per heavy atom. The molecule has 7 nitrogen and oxygen atoms in total. The second-order valence-electron chi connectivity index (χ2n) is 4.36. The number of nitro groups is 1. The minimum Gasteiger partial charge on any atom is -0.499 e. The van der Waals surface area contributed by atoms with Crippen molar-refractivity contribution in [3.63, 3.8) is 0 Å². The van der Waals surface area contributed by atoms with Gasteiger partial charge in [0.1, 0.15) is 0 Å². The zero-order chi connectivity index (χ0) is 15.1. The molecule has 0 aromatic heterocycles. The number of benzene rings is 1. The number of hydrogen-bond acceptors (Lipinski definition) is 5. The molecular formula is C13H17NO6. The number of phenols is 1. The van der Waals surface area contributed by atoms with E-state index in [1.165, 1.54) is 12.1 Å². The number of aromatic hydroxyl groups is 1. The summed E-state index contributed by atoms with van der Waals surface area (Å²) in [5.74, 6) is -1.17. The smallest absolute Gasteiger partial charge is 0.499 e. The molecule has 0 aliphatic rings. The SMILES string of the molecule is CCCCCCc1ccc(OC(=O)O)c(O)c1[N+](=O)[O-]. The van der Waals surface area contributed by atoms with Crippen LogP contribution in [-0.2, 0) is 6.42 Å². The predicted molar refractivity (Wildman–Crippen MR) is 71.3 cm³/mol. The highest BCUT2D eigenvalue weighted by Gasteiger charge is 2.24. The minimum absolute atomic E-state index is 0.376. The summed E-state index contributed by atoms with van der Waals surface area (Å²) in [4.78, 5) is 20.7. The van der Waals surface area contributed by atoms with E-state index in [1.807, 2.05) is 0 Å². The third kappa shape index (κ3) is 4.11. The van der Waals surface area contributed by atoms with Crippen molar-refractivity contribution in [1.29, 1.82) is 0 Å². The highest BCUT2D eigenvalue weighted by molar-refractivity contribution is 5.67. The summed E-state index contributed by atoms with van der Waals surface area (Å²) >= 11 is 0. The van der Waals surface area contributed by atoms with Gasteiger partial charge in [0, 0.05) is 5.56 Å². The molecule has 20 heavy (non-hydrogen) atoms. The van der Waals surface area contributed by atoms with E-state index in [0.29, 0.717) is 12.0 Å². The molecular weight excluding hydrogens is 266 g/mol. The molecule has 1 rings (SSSR count). The molecule has 0 bridgehead atoms. The van der Waals surface area contributed by atoms with Crippen molar-refractivity contribution in [2.24, 2.45) is 0 Å². The number of carbonyl (C=O) groups is 1. The summed E-state index contributed by atoms with van der Waals surface area (Å²) in [5.41, 5.74) is -0.110. The van der Waals surface area contributed by atoms with Crippen molar-refractivity contribution in [2.45, 2.75) is 39.0 Å². The van der Waals surface area contributed by atoms with E-state index in [0.717, 1.165) is 25.7 Å². The zero-order valence-electron chi connectivity index (χ0n) is 11.2. The Labute approximate surface area is 116 Å². The maximum Gasteiger partial charge on any atom is 0.511 e. The number of carboxylic acid groups (broad SMARTS) is 1. The average Bonchev–Trinajstić information content (AvgIpc) is 2.36. The van der Waals surface area contributed by atoms with Crippen LogP contribution in [0.4, 0.5) is 10.5 Å². The molecule has 0 saturated carbocycles. The lowest BCUT2D eigenvalue weighted by Crippen LogP contribution is -2.05. The normalized spacial score (nSPS) is 10.2. The fourth-order valence-corrected chi connectivity index (χ4v) is 1.93. The van der Waals surface area contributed by atoms with E-state index in [1.54, 1.807) is 0 Å². The topological polar surface area (TPSA) is 110 Å². The van der Waals surface area contributed by atoms with Crippen LogP contribution in [0, 0.1) is 10.1 Å². The molecule has 1 aromatic carbocycles. The third-order valence-corrected chi connectivity index (χ3v) is 2.88. The van der Waals surface area contributed by atoms with Crippen LogP contribution in [0.3, 0.4) is 0 Å². The number of phenolic OH excluding ortho intramolecular Hbond substituents is 1. The molecule has 2 N–H and O–H groups in total. The van der Waals surface area contributed by atoms with Crippen LogP contribution in [0.15, 0.2) is 12.1 Å². The van der Waals surface area contributed by atoms with Gasteiger partial charge in [-0.25, -0.2) is 4.79 Å². The van der Waals surface area contributed by atoms with E-state index >= 15 is 0 Å². The van der Waals surface area contributed by atoms with E-state index in [-0.39, 0.29) is 0 Å². The Bertz CT molecular complexity index is 500. The van der Waals surface area contributed by atoms with Gasteiger partial charge in [-0.1, -0.05) is 26.2 Å². The maximum absolute atomic E-state index is 11.0. The third-order valence-electron chi connectivity index (χ3n) is 2.88. The first-order valence-electron chi connectivity index (χ1n) is 6.37. The standard InChI is InChI=1S/C13H17NO6/c1-2-3-4-5-6-9-7-8-10(20-13(16)17)12(15)11(9)14(18)19/h7-8,15H,2-6H2,1H3,(H,16,17). The van der Waals surface area contributed by atoms with Crippen LogP contribution in [0.1, 0.15) is 38.2 Å². The van der Waals surface area contributed by atoms with Crippen LogP contribution in [0.25, 0.3) is 0 Å². The number of unbranched alkanes of at least 4 members (excludes halogenated alkanes) is 3. The highest BCUT2D eigenvalue weighted by Crippen LogP contribution is 2.39. The van der Waals surface area contributed by atoms with Gasteiger partial charge in [-0.3, -0.25) is 10.1 Å². The molecule has 0 aliphatic heterocycles. The van der Waals surface area contributed by atoms with E-state index in [2.05, 4.69) is 11.7 Å². The fourth-order valence-electron chi connectivity index (χ4n) is 1.93. The van der Waals surface area contributed by atoms with Gasteiger partial charge in [0.2, 0.25) is 5.75 Å². The van der Waals surface area contributed by atoms with Gasteiger partial charge in [-0.2, -0.15) is 0 Å². The van der Waals surface area contributed by atoms with Crippen molar-refractivity contribution < 1.29 is 24.7 Å². The Morgan fingerprint density at radius 3 is 2.60 bits per heavy atom. The van der Waals surface area contributed by atoms with Crippen molar-refractivity contribution in [2.75, 3.05) is 0 Å². The summed E-state index contributed by atoms with van der Waals surface area (Å²) in [5, 5.41) is 29.3. The first kappa shape index (κ1) is 15.7. The lowest BCUT2D eigenvalue weighted by atomic mass is 10.0. The monoisotopic (exact) mass is 283 g/mol. The molecule has 110 valence electrons. The summed E-state index contributed by atoms with van der Waals surface area (Å²) < 4.78 is 4.30. The molecule has 0 atom stereocenters. The van der Waals surface area contributed by atoms with Gasteiger partial charge in [-0.05, 0) is 25.0 Å².